The zero-order chi connectivity index (χ0) is 44.8. The number of unbranched alkanes of at least 4 members (excludes halogenated alkanes) is 7. The number of carbonyl (C=O) groups is 1. The maximum atomic E-state index is 12.1. The highest BCUT2D eigenvalue weighted by Gasteiger charge is 2.55. The third-order valence-electron chi connectivity index (χ3n) is 11.4. The first-order valence-corrected chi connectivity index (χ1v) is 21.5. The van der Waals surface area contributed by atoms with Crippen LogP contribution >= 0.6 is 0 Å². The average molecular weight is 890 g/mol. The van der Waals surface area contributed by atoms with E-state index in [2.05, 4.69) is 12.2 Å². The topological polar surface area (TPSA) is 335 Å². The molecule has 1 amide bonds. The molecule has 22 nitrogen and oxygen atoms in total. The fourth-order valence-corrected chi connectivity index (χ4v) is 7.78. The van der Waals surface area contributed by atoms with E-state index in [9.17, 15) is 61.0 Å². The van der Waals surface area contributed by atoms with Crippen LogP contribution in [0, 0.1) is 0 Å². The molecular weight excluding hydrogens is 818 g/mol. The number of amides is 1. The molecule has 4 aliphatic rings. The van der Waals surface area contributed by atoms with Crippen LogP contribution in [0.4, 0.5) is 0 Å². The molecule has 0 aromatic heterocycles. The Morgan fingerprint density at radius 3 is 1.57 bits per heavy atom. The fourth-order valence-electron chi connectivity index (χ4n) is 7.78. The second kappa shape index (κ2) is 26.0. The number of aliphatic hydroxyl groups is 11. The van der Waals surface area contributed by atoms with Crippen LogP contribution in [-0.2, 0) is 47.4 Å². The van der Waals surface area contributed by atoms with Crippen molar-refractivity contribution in [3.8, 4) is 0 Å². The van der Waals surface area contributed by atoms with Gasteiger partial charge in [-0.1, -0.05) is 58.8 Å². The molecule has 4 fully saturated rings. The summed E-state index contributed by atoms with van der Waals surface area (Å²) in [5.74, 6) is -0.678. The van der Waals surface area contributed by atoms with Crippen molar-refractivity contribution in [3.63, 3.8) is 0 Å². The smallest absolute Gasteiger partial charge is 0.217 e. The molecule has 4 rings (SSSR count). The SMILES string of the molecule is CCCCCCCCO[C@@H]1O[C@H](CO[C@H]2O[C@H](CO)[C@@H](O)[C@H](OCCCCC)[C@@H]2O)[C@@H](O)[C@H](O[C@H]2O[C@H](CO)[C@@H](O)[C@H](O)[C@@H]2O[C@@H]2O[C@H](CO)[C@@H](O)[C@H](O)[C@H]2NC(C)=O)[C@@H]1O. The number of hydrogen-bond acceptors (Lipinski definition) is 21. The molecule has 4 saturated heterocycles. The number of nitrogens with one attached hydrogen (secondary N) is 1. The van der Waals surface area contributed by atoms with Gasteiger partial charge in [-0.25, -0.2) is 0 Å². The first-order chi connectivity index (χ1) is 29.2. The standard InChI is InChI=1S/C39H71NO21/c1-4-6-8-9-10-12-14-54-37-32(52)34(28(48)23(59-37)18-55-38-31(51)33(53-13-11-7-5-2)27(47)22(17-43)57-38)60-39-35(30(50)26(46)21(16-42)58-39)61-36-24(40-19(3)44)29(49)25(45)20(15-41)56-36/h20-39,41-43,45-52H,4-18H2,1-3H3,(H,40,44)/t20-,21-,22-,23-,24-,25-,26-,27-,28-,29-,30+,31+,32+,33+,34+,35+,36+,37-,38+,39-/m1/s1. The molecule has 0 radical (unpaired) electrons. The molecule has 358 valence electrons. The molecule has 20 atom stereocenters. The molecule has 0 bridgehead atoms. The van der Waals surface area contributed by atoms with Crippen molar-refractivity contribution in [3.05, 3.63) is 0 Å². The van der Waals surface area contributed by atoms with Crippen molar-refractivity contribution in [2.45, 2.75) is 201 Å². The van der Waals surface area contributed by atoms with Crippen molar-refractivity contribution in [1.29, 1.82) is 0 Å². The van der Waals surface area contributed by atoms with E-state index in [1.54, 1.807) is 0 Å². The van der Waals surface area contributed by atoms with E-state index < -0.39 is 155 Å². The van der Waals surface area contributed by atoms with Gasteiger partial charge in [0.15, 0.2) is 25.2 Å². The molecule has 12 N–H and O–H groups in total. The Balaban J connectivity index is 1.58. The number of hydrogen-bond donors (Lipinski definition) is 12. The van der Waals surface area contributed by atoms with Gasteiger partial charge in [0.1, 0.15) is 97.6 Å². The van der Waals surface area contributed by atoms with Gasteiger partial charge in [0.2, 0.25) is 5.91 Å². The largest absolute Gasteiger partial charge is 0.394 e. The van der Waals surface area contributed by atoms with Gasteiger partial charge in [-0.3, -0.25) is 4.79 Å². The van der Waals surface area contributed by atoms with Crippen LogP contribution in [0.5, 0.6) is 0 Å². The molecule has 22 heteroatoms. The van der Waals surface area contributed by atoms with E-state index in [1.807, 2.05) is 6.92 Å². The second-order valence-corrected chi connectivity index (χ2v) is 16.1. The van der Waals surface area contributed by atoms with E-state index in [-0.39, 0.29) is 13.2 Å². The van der Waals surface area contributed by atoms with Gasteiger partial charge in [-0.2, -0.15) is 0 Å². The van der Waals surface area contributed by atoms with E-state index in [0.29, 0.717) is 12.8 Å². The summed E-state index contributed by atoms with van der Waals surface area (Å²) in [5.41, 5.74) is 0. The summed E-state index contributed by atoms with van der Waals surface area (Å²) in [5, 5.41) is 121. The Hall–Kier alpha value is -1.33. The van der Waals surface area contributed by atoms with Crippen molar-refractivity contribution >= 4 is 5.91 Å². The van der Waals surface area contributed by atoms with Crippen LogP contribution in [0.25, 0.3) is 0 Å². The zero-order valence-electron chi connectivity index (χ0n) is 35.2. The van der Waals surface area contributed by atoms with Crippen LogP contribution < -0.4 is 5.32 Å². The molecule has 4 aliphatic heterocycles. The van der Waals surface area contributed by atoms with Crippen LogP contribution in [0.3, 0.4) is 0 Å². The fraction of sp³-hybridized carbons (Fsp3) is 0.974. The molecule has 0 aromatic rings. The van der Waals surface area contributed by atoms with Crippen molar-refractivity contribution in [2.75, 3.05) is 39.6 Å². The Labute approximate surface area is 355 Å². The van der Waals surface area contributed by atoms with Crippen molar-refractivity contribution < 1.29 is 104 Å². The minimum atomic E-state index is -1.95. The van der Waals surface area contributed by atoms with Gasteiger partial charge in [0, 0.05) is 20.1 Å². The number of ether oxygens (including phenoxy) is 9. The van der Waals surface area contributed by atoms with Crippen LogP contribution in [-0.4, -0.2) is 224 Å². The summed E-state index contributed by atoms with van der Waals surface area (Å²) in [6, 6.07) is -1.50. The zero-order valence-corrected chi connectivity index (χ0v) is 35.2. The molecule has 61 heavy (non-hydrogen) atoms. The third-order valence-corrected chi connectivity index (χ3v) is 11.4. The average Bonchev–Trinajstić information content (AvgIpc) is 3.24. The molecular formula is C39H71NO21. The lowest BCUT2D eigenvalue weighted by Gasteiger charge is -2.49. The van der Waals surface area contributed by atoms with Crippen LogP contribution in [0.2, 0.25) is 0 Å². The van der Waals surface area contributed by atoms with Crippen molar-refractivity contribution in [1.82, 2.24) is 5.32 Å². The van der Waals surface area contributed by atoms with Crippen molar-refractivity contribution in [2.24, 2.45) is 0 Å². The van der Waals surface area contributed by atoms with Gasteiger partial charge in [0.25, 0.3) is 0 Å². The molecule has 0 aliphatic carbocycles. The monoisotopic (exact) mass is 889 g/mol. The maximum absolute atomic E-state index is 12.1. The lowest BCUT2D eigenvalue weighted by molar-refractivity contribution is -0.385. The van der Waals surface area contributed by atoms with Gasteiger partial charge in [-0.15, -0.1) is 0 Å². The van der Waals surface area contributed by atoms with E-state index in [0.717, 1.165) is 51.9 Å². The minimum Gasteiger partial charge on any atom is -0.394 e. The van der Waals surface area contributed by atoms with E-state index >= 15 is 0 Å². The number of carbonyl (C=O) groups excluding carboxylic acids is 1. The number of aliphatic hydroxyl groups excluding tert-OH is 11. The summed E-state index contributed by atoms with van der Waals surface area (Å²) in [7, 11) is 0. The molecule has 0 spiro atoms. The summed E-state index contributed by atoms with van der Waals surface area (Å²) in [6.07, 6.45) is -22.6. The molecule has 4 heterocycles. The predicted octanol–water partition coefficient (Wildman–Crippen LogP) is -4.01. The highest BCUT2D eigenvalue weighted by molar-refractivity contribution is 5.73. The van der Waals surface area contributed by atoms with Crippen LogP contribution in [0.15, 0.2) is 0 Å². The molecule has 0 saturated carbocycles. The lowest BCUT2D eigenvalue weighted by atomic mass is 9.95. The Bertz CT molecular complexity index is 1240. The predicted molar refractivity (Wildman–Crippen MR) is 206 cm³/mol. The highest BCUT2D eigenvalue weighted by Crippen LogP contribution is 2.34. The lowest BCUT2D eigenvalue weighted by Crippen LogP contribution is -2.68. The molecule has 0 aromatic carbocycles. The third kappa shape index (κ3) is 13.8. The first kappa shape index (κ1) is 52.3. The first-order valence-electron chi connectivity index (χ1n) is 21.5. The van der Waals surface area contributed by atoms with Gasteiger partial charge >= 0.3 is 0 Å². The summed E-state index contributed by atoms with van der Waals surface area (Å²) in [4.78, 5) is 12.1. The summed E-state index contributed by atoms with van der Waals surface area (Å²) < 4.78 is 52.8. The highest BCUT2D eigenvalue weighted by atomic mass is 16.8. The summed E-state index contributed by atoms with van der Waals surface area (Å²) in [6.45, 7) is 2.71. The van der Waals surface area contributed by atoms with E-state index in [4.69, 9.17) is 42.6 Å². The Morgan fingerprint density at radius 1 is 0.475 bits per heavy atom. The Morgan fingerprint density at radius 2 is 0.934 bits per heavy atom. The molecule has 0 unspecified atom stereocenters. The minimum absolute atomic E-state index is 0.120. The van der Waals surface area contributed by atoms with Gasteiger partial charge in [0.05, 0.1) is 26.4 Å². The Kier molecular flexibility index (Phi) is 22.3. The van der Waals surface area contributed by atoms with E-state index in [1.165, 1.54) is 0 Å². The number of rotatable bonds is 24. The maximum Gasteiger partial charge on any atom is 0.217 e. The van der Waals surface area contributed by atoms with Gasteiger partial charge < -0.3 is 104 Å². The van der Waals surface area contributed by atoms with Gasteiger partial charge in [-0.05, 0) is 12.8 Å². The summed E-state index contributed by atoms with van der Waals surface area (Å²) >= 11 is 0. The second-order valence-electron chi connectivity index (χ2n) is 16.1. The normalized spacial score (nSPS) is 42.1. The van der Waals surface area contributed by atoms with Crippen LogP contribution in [0.1, 0.15) is 78.6 Å². The quantitative estimate of drug-likeness (QED) is 0.0411.